The van der Waals surface area contributed by atoms with E-state index in [4.69, 9.17) is 21.1 Å². The highest BCUT2D eigenvalue weighted by Crippen LogP contribution is 2.41. The van der Waals surface area contributed by atoms with E-state index >= 15 is 0 Å². The standard InChI is InChI=1S/C25H24ClN3O5/c1-33-18-6-3-5-16(13-18)22-21(23(30)17-7-8-20(34-2)19(26)14-17)24(31)25(32)29(22)11-4-10-28-12-9-27-15-28/h3,5-9,12-15,22H,4,10-11H2,1-2H3,(H,30,31)/p+1. The molecule has 3 aromatic rings. The number of aromatic nitrogens is 2. The smallest absolute Gasteiger partial charge is 0.295 e. The molecule has 1 amide bonds. The molecule has 176 valence electrons. The first-order valence-electron chi connectivity index (χ1n) is 10.7. The number of methoxy groups -OCH3 is 2. The summed E-state index contributed by atoms with van der Waals surface area (Å²) in [6.07, 6.45) is 6.13. The van der Waals surface area contributed by atoms with Gasteiger partial charge in [0.05, 0.1) is 37.4 Å². The predicted octanol–water partition coefficient (Wildman–Crippen LogP) is 3.48. The third-order valence-corrected chi connectivity index (χ3v) is 6.09. The highest BCUT2D eigenvalue weighted by molar-refractivity contribution is 6.46. The fourth-order valence-corrected chi connectivity index (χ4v) is 4.38. The fourth-order valence-electron chi connectivity index (χ4n) is 4.12. The van der Waals surface area contributed by atoms with Gasteiger partial charge in [-0.2, -0.15) is 0 Å². The number of aliphatic hydroxyl groups excluding tert-OH is 1. The van der Waals surface area contributed by atoms with Crippen LogP contribution in [0.2, 0.25) is 5.02 Å². The summed E-state index contributed by atoms with van der Waals surface area (Å²) in [4.78, 5) is 30.7. The first-order chi connectivity index (χ1) is 16.4. The number of rotatable bonds is 8. The van der Waals surface area contributed by atoms with Crippen LogP contribution in [-0.4, -0.2) is 47.4 Å². The molecule has 1 aromatic heterocycles. The van der Waals surface area contributed by atoms with E-state index in [2.05, 4.69) is 4.98 Å². The van der Waals surface area contributed by atoms with Gasteiger partial charge in [-0.25, -0.2) is 4.57 Å². The molecule has 1 unspecified atom stereocenters. The summed E-state index contributed by atoms with van der Waals surface area (Å²) in [6, 6.07) is 11.1. The van der Waals surface area contributed by atoms with Crippen molar-refractivity contribution in [2.75, 3.05) is 20.8 Å². The Morgan fingerprint density at radius 2 is 2.00 bits per heavy atom. The number of likely N-dealkylation sites (tertiary alicyclic amines) is 1. The molecule has 34 heavy (non-hydrogen) atoms. The number of aliphatic hydroxyl groups is 1. The zero-order valence-corrected chi connectivity index (χ0v) is 19.6. The Labute approximate surface area is 202 Å². The number of aromatic amines is 1. The monoisotopic (exact) mass is 482 g/mol. The van der Waals surface area contributed by atoms with Gasteiger partial charge in [0.2, 0.25) is 6.33 Å². The van der Waals surface area contributed by atoms with Crippen LogP contribution in [0.5, 0.6) is 11.5 Å². The number of carbonyl (C=O) groups is 2. The number of carbonyl (C=O) groups excluding carboxylic acids is 2. The predicted molar refractivity (Wildman–Crippen MR) is 126 cm³/mol. The first kappa shape index (κ1) is 23.4. The van der Waals surface area contributed by atoms with E-state index in [1.54, 1.807) is 43.5 Å². The van der Waals surface area contributed by atoms with Gasteiger partial charge in [-0.05, 0) is 35.9 Å². The summed E-state index contributed by atoms with van der Waals surface area (Å²) in [6.45, 7) is 0.982. The van der Waals surface area contributed by atoms with Crippen molar-refractivity contribution < 1.29 is 28.7 Å². The van der Waals surface area contributed by atoms with Crippen LogP contribution in [0.3, 0.4) is 0 Å². The van der Waals surface area contributed by atoms with E-state index in [-0.39, 0.29) is 16.4 Å². The molecule has 0 bridgehead atoms. The van der Waals surface area contributed by atoms with Crippen molar-refractivity contribution in [3.8, 4) is 11.5 Å². The summed E-state index contributed by atoms with van der Waals surface area (Å²) in [7, 11) is 3.03. The van der Waals surface area contributed by atoms with E-state index in [0.717, 1.165) is 0 Å². The largest absolute Gasteiger partial charge is 0.507 e. The number of aryl methyl sites for hydroxylation is 1. The maximum Gasteiger partial charge on any atom is 0.295 e. The molecule has 1 aliphatic rings. The van der Waals surface area contributed by atoms with Crippen LogP contribution in [0, 0.1) is 0 Å². The normalized spacial score (nSPS) is 17.3. The molecular formula is C25H25ClN3O5+. The molecule has 1 saturated heterocycles. The Morgan fingerprint density at radius 1 is 1.18 bits per heavy atom. The highest BCUT2D eigenvalue weighted by atomic mass is 35.5. The van der Waals surface area contributed by atoms with Crippen molar-refractivity contribution in [1.82, 2.24) is 9.88 Å². The van der Waals surface area contributed by atoms with Gasteiger partial charge in [-0.15, -0.1) is 0 Å². The third kappa shape index (κ3) is 4.49. The molecule has 1 aliphatic heterocycles. The summed E-state index contributed by atoms with van der Waals surface area (Å²) in [5.74, 6) is -0.679. The second-order valence-electron chi connectivity index (χ2n) is 7.82. The lowest BCUT2D eigenvalue weighted by molar-refractivity contribution is -0.695. The highest BCUT2D eigenvalue weighted by Gasteiger charge is 2.46. The number of hydrogen-bond acceptors (Lipinski definition) is 5. The molecule has 9 heteroatoms. The van der Waals surface area contributed by atoms with Crippen LogP contribution in [0.15, 0.2) is 66.8 Å². The van der Waals surface area contributed by atoms with Crippen LogP contribution in [0.4, 0.5) is 0 Å². The molecule has 0 radical (unpaired) electrons. The van der Waals surface area contributed by atoms with Gasteiger partial charge in [0, 0.05) is 18.5 Å². The van der Waals surface area contributed by atoms with Gasteiger partial charge in [0.1, 0.15) is 29.7 Å². The van der Waals surface area contributed by atoms with Gasteiger partial charge < -0.3 is 19.5 Å². The Bertz CT molecular complexity index is 1240. The van der Waals surface area contributed by atoms with Crippen molar-refractivity contribution in [3.05, 3.63) is 82.9 Å². The van der Waals surface area contributed by atoms with E-state index in [1.165, 1.54) is 18.1 Å². The lowest BCUT2D eigenvalue weighted by atomic mass is 9.95. The summed E-state index contributed by atoms with van der Waals surface area (Å²) in [5, 5.41) is 11.5. The van der Waals surface area contributed by atoms with E-state index < -0.39 is 17.7 Å². The Hall–Kier alpha value is -3.78. The van der Waals surface area contributed by atoms with Crippen LogP contribution >= 0.6 is 11.6 Å². The summed E-state index contributed by atoms with van der Waals surface area (Å²) >= 11 is 6.24. The molecule has 0 saturated carbocycles. The van der Waals surface area contributed by atoms with Crippen LogP contribution in [0.1, 0.15) is 23.6 Å². The number of hydrogen-bond donors (Lipinski definition) is 2. The Balaban J connectivity index is 1.76. The SMILES string of the molecule is COc1cccc(C2C(=C(O)c3ccc(OC)c(Cl)c3)C(=O)C(=O)N2CCC[n+]2cc[nH]c2)c1. The molecule has 0 aliphatic carbocycles. The summed E-state index contributed by atoms with van der Waals surface area (Å²) < 4.78 is 12.5. The maximum absolute atomic E-state index is 13.2. The van der Waals surface area contributed by atoms with E-state index in [9.17, 15) is 14.7 Å². The minimum atomic E-state index is -0.771. The minimum Gasteiger partial charge on any atom is -0.507 e. The van der Waals surface area contributed by atoms with Crippen molar-refractivity contribution in [3.63, 3.8) is 0 Å². The fraction of sp³-hybridized carbons (Fsp3) is 0.240. The van der Waals surface area contributed by atoms with Gasteiger partial charge in [0.15, 0.2) is 0 Å². The van der Waals surface area contributed by atoms with Gasteiger partial charge >= 0.3 is 0 Å². The topological polar surface area (TPSA) is 95.7 Å². The number of amides is 1. The zero-order valence-electron chi connectivity index (χ0n) is 18.8. The molecule has 2 heterocycles. The molecule has 8 nitrogen and oxygen atoms in total. The van der Waals surface area contributed by atoms with Crippen molar-refractivity contribution in [1.29, 1.82) is 0 Å². The number of benzene rings is 2. The number of halogens is 1. The number of Topliss-reactive ketones (excluding diaryl/α,β-unsaturated/α-hetero) is 1. The lowest BCUT2D eigenvalue weighted by Crippen LogP contribution is -2.36. The zero-order chi connectivity index (χ0) is 24.2. The Morgan fingerprint density at radius 3 is 2.68 bits per heavy atom. The number of ether oxygens (including phenoxy) is 2. The number of nitrogens with zero attached hydrogens (tertiary/aromatic N) is 2. The van der Waals surface area contributed by atoms with Crippen LogP contribution in [0.25, 0.3) is 5.76 Å². The molecule has 1 fully saturated rings. The molecule has 1 atom stereocenters. The van der Waals surface area contributed by atoms with Gasteiger partial charge in [0.25, 0.3) is 11.7 Å². The summed E-state index contributed by atoms with van der Waals surface area (Å²) in [5.41, 5.74) is 0.988. The van der Waals surface area contributed by atoms with Crippen molar-refractivity contribution in [2.24, 2.45) is 0 Å². The average molecular weight is 483 g/mol. The molecule has 0 spiro atoms. The van der Waals surface area contributed by atoms with Crippen molar-refractivity contribution >= 4 is 29.1 Å². The van der Waals surface area contributed by atoms with Crippen LogP contribution < -0.4 is 14.0 Å². The van der Waals surface area contributed by atoms with E-state index in [0.29, 0.717) is 42.1 Å². The van der Waals surface area contributed by atoms with Crippen LogP contribution in [-0.2, 0) is 16.1 Å². The lowest BCUT2D eigenvalue weighted by Gasteiger charge is -2.25. The van der Waals surface area contributed by atoms with E-state index in [1.807, 2.05) is 23.3 Å². The minimum absolute atomic E-state index is 0.00813. The first-order valence-corrected chi connectivity index (χ1v) is 11.1. The van der Waals surface area contributed by atoms with Crippen molar-refractivity contribution in [2.45, 2.75) is 19.0 Å². The Kier molecular flexibility index (Phi) is 6.88. The molecule has 4 rings (SSSR count). The third-order valence-electron chi connectivity index (χ3n) is 5.79. The maximum atomic E-state index is 13.2. The molecular weight excluding hydrogens is 458 g/mol. The van der Waals surface area contributed by atoms with Gasteiger partial charge in [-0.1, -0.05) is 23.7 Å². The number of imidazole rings is 1. The number of H-pyrrole nitrogens is 1. The molecule has 2 N–H and O–H groups in total. The quantitative estimate of drug-likeness (QED) is 0.222. The average Bonchev–Trinajstić information content (AvgIpc) is 3.46. The number of nitrogens with one attached hydrogen (secondary N) is 1. The second-order valence-corrected chi connectivity index (χ2v) is 8.23. The van der Waals surface area contributed by atoms with Gasteiger partial charge in [-0.3, -0.25) is 14.6 Å². The second kappa shape index (κ2) is 10.0. The molecule has 2 aromatic carbocycles. The number of ketones is 1.